The van der Waals surface area contributed by atoms with Crippen molar-refractivity contribution in [1.29, 1.82) is 0 Å². The predicted octanol–water partition coefficient (Wildman–Crippen LogP) is 2.06. The maximum Gasteiger partial charge on any atom is 0.211 e. The first-order valence-electron chi connectivity index (χ1n) is 5.72. The smallest absolute Gasteiger partial charge is 0.211 e. The van der Waals surface area contributed by atoms with E-state index in [0.29, 0.717) is 24.6 Å². The van der Waals surface area contributed by atoms with Crippen LogP contribution in [0.2, 0.25) is 0 Å². The largest absolute Gasteiger partial charge is 0.215 e. The Morgan fingerprint density at radius 1 is 1.27 bits per heavy atom. The summed E-state index contributed by atoms with van der Waals surface area (Å²) in [6, 6.07) is 0. The zero-order chi connectivity index (χ0) is 11.1. The molecule has 0 spiro atoms. The van der Waals surface area contributed by atoms with Gasteiger partial charge in [-0.15, -0.1) is 6.58 Å². The first-order chi connectivity index (χ1) is 7.14. The summed E-state index contributed by atoms with van der Waals surface area (Å²) < 4.78 is 25.9. The summed E-state index contributed by atoms with van der Waals surface area (Å²) in [6.07, 6.45) is 8.21. The highest BCUT2D eigenvalue weighted by Gasteiger charge is 2.20. The fourth-order valence-corrected chi connectivity index (χ4v) is 3.54. The molecule has 0 aromatic carbocycles. The Hall–Kier alpha value is -0.350. The first kappa shape index (κ1) is 12.7. The van der Waals surface area contributed by atoms with Gasteiger partial charge >= 0.3 is 0 Å². The van der Waals surface area contributed by atoms with Gasteiger partial charge in [-0.1, -0.05) is 25.3 Å². The van der Waals surface area contributed by atoms with Crippen LogP contribution in [0.15, 0.2) is 12.7 Å². The highest BCUT2D eigenvalue weighted by molar-refractivity contribution is 7.89. The van der Waals surface area contributed by atoms with Gasteiger partial charge in [-0.2, -0.15) is 0 Å². The Balaban J connectivity index is 2.30. The van der Waals surface area contributed by atoms with Crippen LogP contribution < -0.4 is 4.72 Å². The lowest BCUT2D eigenvalue weighted by atomic mass is 9.91. The van der Waals surface area contributed by atoms with Gasteiger partial charge in [-0.05, 0) is 25.2 Å². The van der Waals surface area contributed by atoms with Gasteiger partial charge in [0.15, 0.2) is 0 Å². The number of hydrogen-bond donors (Lipinski definition) is 1. The fraction of sp³-hybridized carbons (Fsp3) is 0.818. The summed E-state index contributed by atoms with van der Waals surface area (Å²) in [5, 5.41) is 0. The van der Waals surface area contributed by atoms with Crippen molar-refractivity contribution in [2.45, 2.75) is 38.5 Å². The minimum Gasteiger partial charge on any atom is -0.215 e. The van der Waals surface area contributed by atoms with Crippen LogP contribution in [0.5, 0.6) is 0 Å². The molecule has 1 rings (SSSR count). The third-order valence-electron chi connectivity index (χ3n) is 2.85. The Kier molecular flexibility index (Phi) is 5.32. The molecule has 0 heterocycles. The van der Waals surface area contributed by atoms with Crippen molar-refractivity contribution in [3.8, 4) is 0 Å². The topological polar surface area (TPSA) is 46.2 Å². The molecule has 0 radical (unpaired) electrons. The molecule has 0 aromatic heterocycles. The SMILES string of the molecule is C=CCCNS(=O)(=O)CC1CCCCC1. The van der Waals surface area contributed by atoms with Crippen molar-refractivity contribution < 1.29 is 8.42 Å². The van der Waals surface area contributed by atoms with Crippen molar-refractivity contribution in [3.05, 3.63) is 12.7 Å². The molecular weight excluding hydrogens is 210 g/mol. The first-order valence-corrected chi connectivity index (χ1v) is 7.37. The molecule has 1 saturated carbocycles. The molecule has 0 aromatic rings. The molecule has 0 unspecified atom stereocenters. The van der Waals surface area contributed by atoms with E-state index in [0.717, 1.165) is 12.8 Å². The summed E-state index contributed by atoms with van der Waals surface area (Å²) in [4.78, 5) is 0. The monoisotopic (exact) mass is 231 g/mol. The molecule has 0 aliphatic heterocycles. The predicted molar refractivity (Wildman–Crippen MR) is 63.2 cm³/mol. The van der Waals surface area contributed by atoms with E-state index in [9.17, 15) is 8.42 Å². The molecule has 1 N–H and O–H groups in total. The van der Waals surface area contributed by atoms with Crippen molar-refractivity contribution in [2.24, 2.45) is 5.92 Å². The van der Waals surface area contributed by atoms with Gasteiger partial charge < -0.3 is 0 Å². The van der Waals surface area contributed by atoms with Gasteiger partial charge in [0.2, 0.25) is 10.0 Å². The van der Waals surface area contributed by atoms with Crippen molar-refractivity contribution in [3.63, 3.8) is 0 Å². The molecule has 4 heteroatoms. The van der Waals surface area contributed by atoms with E-state index in [1.807, 2.05) is 0 Å². The summed E-state index contributed by atoms with van der Waals surface area (Å²) in [5.41, 5.74) is 0. The molecule has 3 nitrogen and oxygen atoms in total. The zero-order valence-electron chi connectivity index (χ0n) is 9.24. The van der Waals surface area contributed by atoms with Crippen LogP contribution in [0.1, 0.15) is 38.5 Å². The second kappa shape index (κ2) is 6.28. The molecule has 0 amide bonds. The molecule has 0 bridgehead atoms. The van der Waals surface area contributed by atoms with Gasteiger partial charge in [0.1, 0.15) is 0 Å². The van der Waals surface area contributed by atoms with Crippen molar-refractivity contribution in [2.75, 3.05) is 12.3 Å². The van der Waals surface area contributed by atoms with Crippen LogP contribution in [-0.4, -0.2) is 20.7 Å². The lowest BCUT2D eigenvalue weighted by Gasteiger charge is -2.21. The third-order valence-corrected chi connectivity index (χ3v) is 4.40. The number of hydrogen-bond acceptors (Lipinski definition) is 2. The van der Waals surface area contributed by atoms with Crippen molar-refractivity contribution in [1.82, 2.24) is 4.72 Å². The highest BCUT2D eigenvalue weighted by atomic mass is 32.2. The number of rotatable bonds is 6. The van der Waals surface area contributed by atoms with Crippen LogP contribution in [0.4, 0.5) is 0 Å². The molecular formula is C11H21NO2S. The second-order valence-corrected chi connectivity index (χ2v) is 6.11. The van der Waals surface area contributed by atoms with E-state index in [2.05, 4.69) is 11.3 Å². The summed E-state index contributed by atoms with van der Waals surface area (Å²) in [7, 11) is -3.05. The van der Waals surface area contributed by atoms with E-state index < -0.39 is 10.0 Å². The van der Waals surface area contributed by atoms with Crippen LogP contribution >= 0.6 is 0 Å². The second-order valence-electron chi connectivity index (χ2n) is 4.26. The standard InChI is InChI=1S/C11H21NO2S/c1-2-3-9-12-15(13,14)10-11-7-5-4-6-8-11/h2,11-12H,1,3-10H2. The summed E-state index contributed by atoms with van der Waals surface area (Å²) in [5.74, 6) is 0.685. The molecule has 15 heavy (non-hydrogen) atoms. The van der Waals surface area contributed by atoms with Crippen LogP contribution in [0.25, 0.3) is 0 Å². The molecule has 0 saturated heterocycles. The van der Waals surface area contributed by atoms with Gasteiger partial charge in [-0.3, -0.25) is 0 Å². The lowest BCUT2D eigenvalue weighted by molar-refractivity contribution is 0.384. The van der Waals surface area contributed by atoms with E-state index in [-0.39, 0.29) is 0 Å². The van der Waals surface area contributed by atoms with Crippen LogP contribution in [0, 0.1) is 5.92 Å². The molecule has 0 atom stereocenters. The van der Waals surface area contributed by atoms with Crippen molar-refractivity contribution >= 4 is 10.0 Å². The average molecular weight is 231 g/mol. The lowest BCUT2D eigenvalue weighted by Crippen LogP contribution is -2.31. The van der Waals surface area contributed by atoms with Gasteiger partial charge in [-0.25, -0.2) is 13.1 Å². The van der Waals surface area contributed by atoms with E-state index in [1.54, 1.807) is 6.08 Å². The average Bonchev–Trinajstić information content (AvgIpc) is 2.18. The van der Waals surface area contributed by atoms with E-state index in [4.69, 9.17) is 0 Å². The maximum atomic E-state index is 11.6. The van der Waals surface area contributed by atoms with E-state index >= 15 is 0 Å². The Morgan fingerprint density at radius 2 is 1.93 bits per heavy atom. The summed E-state index contributed by atoms with van der Waals surface area (Å²) >= 11 is 0. The minimum absolute atomic E-state index is 0.310. The number of nitrogens with one attached hydrogen (secondary N) is 1. The minimum atomic E-state index is -3.05. The maximum absolute atomic E-state index is 11.6. The van der Waals surface area contributed by atoms with Crippen LogP contribution in [0.3, 0.4) is 0 Å². The fourth-order valence-electron chi connectivity index (χ4n) is 2.04. The third kappa shape index (κ3) is 5.33. The summed E-state index contributed by atoms with van der Waals surface area (Å²) in [6.45, 7) is 4.05. The Morgan fingerprint density at radius 3 is 2.53 bits per heavy atom. The highest BCUT2D eigenvalue weighted by Crippen LogP contribution is 2.24. The molecule has 1 aliphatic carbocycles. The quantitative estimate of drug-likeness (QED) is 0.562. The van der Waals surface area contributed by atoms with Gasteiger partial charge in [0.25, 0.3) is 0 Å². The zero-order valence-corrected chi connectivity index (χ0v) is 10.1. The molecule has 1 fully saturated rings. The Labute approximate surface area is 93.0 Å². The van der Waals surface area contributed by atoms with E-state index in [1.165, 1.54) is 19.3 Å². The number of sulfonamides is 1. The molecule has 88 valence electrons. The Bertz CT molecular complexity index is 279. The molecule has 1 aliphatic rings. The van der Waals surface area contributed by atoms with Gasteiger partial charge in [0, 0.05) is 6.54 Å². The van der Waals surface area contributed by atoms with Gasteiger partial charge in [0.05, 0.1) is 5.75 Å². The normalized spacial score (nSPS) is 18.9. The van der Waals surface area contributed by atoms with Crippen LogP contribution in [-0.2, 0) is 10.0 Å².